The van der Waals surface area contributed by atoms with Crippen LogP contribution in [0.1, 0.15) is 25.8 Å². The van der Waals surface area contributed by atoms with E-state index in [1.165, 1.54) is 0 Å². The van der Waals surface area contributed by atoms with Gasteiger partial charge in [-0.2, -0.15) is 0 Å². The molecule has 0 spiro atoms. The number of alkyl carbamates (subject to hydrolysis) is 1. The van der Waals surface area contributed by atoms with Gasteiger partial charge in [-0.25, -0.2) is 4.79 Å². The van der Waals surface area contributed by atoms with Gasteiger partial charge in [0.15, 0.2) is 0 Å². The van der Waals surface area contributed by atoms with Crippen molar-refractivity contribution in [2.24, 2.45) is 5.92 Å². The number of Topliss-reactive ketones (excluding diaryl/α,β-unsaturated/α-hetero) is 1. The molecular weight excluding hydrogens is 286 g/mol. The van der Waals surface area contributed by atoms with Crippen LogP contribution in [0.4, 0.5) is 4.79 Å². The molecule has 0 bridgehead atoms. The molecule has 0 aliphatic rings. The van der Waals surface area contributed by atoms with E-state index >= 15 is 0 Å². The average Bonchev–Trinajstić information content (AvgIpc) is 2.50. The zero-order valence-corrected chi connectivity index (χ0v) is 12.8. The molecule has 0 aliphatic heterocycles. The van der Waals surface area contributed by atoms with Crippen LogP contribution in [0.3, 0.4) is 0 Å². The molecule has 1 amide bonds. The maximum atomic E-state index is 11.4. The highest BCUT2D eigenvalue weighted by Gasteiger charge is 2.13. The van der Waals surface area contributed by atoms with Crippen molar-refractivity contribution in [3.05, 3.63) is 35.9 Å². The second-order valence-electron chi connectivity index (χ2n) is 5.01. The van der Waals surface area contributed by atoms with E-state index in [4.69, 9.17) is 9.47 Å². The van der Waals surface area contributed by atoms with Gasteiger partial charge in [-0.3, -0.25) is 9.59 Å². The number of esters is 1. The smallest absolute Gasteiger partial charge is 0.407 e. The lowest BCUT2D eigenvalue weighted by molar-refractivity contribution is -0.146. The Balaban J connectivity index is 2.10. The summed E-state index contributed by atoms with van der Waals surface area (Å²) in [5.41, 5.74) is 0.885. The van der Waals surface area contributed by atoms with E-state index in [9.17, 15) is 14.4 Å². The minimum absolute atomic E-state index is 0.00461. The highest BCUT2D eigenvalue weighted by molar-refractivity contribution is 5.96. The largest absolute Gasteiger partial charge is 0.463 e. The summed E-state index contributed by atoms with van der Waals surface area (Å²) in [5.74, 6) is -0.947. The highest BCUT2D eigenvalue weighted by Crippen LogP contribution is 2.01. The van der Waals surface area contributed by atoms with Crippen molar-refractivity contribution in [2.75, 3.05) is 13.2 Å². The van der Waals surface area contributed by atoms with Crippen LogP contribution < -0.4 is 5.32 Å². The van der Waals surface area contributed by atoms with Gasteiger partial charge < -0.3 is 14.8 Å². The first-order valence-corrected chi connectivity index (χ1v) is 7.12. The van der Waals surface area contributed by atoms with Crippen molar-refractivity contribution in [1.29, 1.82) is 0 Å². The predicted octanol–water partition coefficient (Wildman–Crippen LogP) is 2.07. The molecule has 0 saturated heterocycles. The summed E-state index contributed by atoms with van der Waals surface area (Å²) in [7, 11) is 0. The average molecular weight is 307 g/mol. The molecule has 0 atom stereocenters. The van der Waals surface area contributed by atoms with Crippen LogP contribution in [-0.2, 0) is 25.7 Å². The zero-order valence-electron chi connectivity index (χ0n) is 12.8. The number of carbonyl (C=O) groups is 3. The Morgan fingerprint density at radius 1 is 1.09 bits per heavy atom. The molecule has 6 nitrogen and oxygen atoms in total. The van der Waals surface area contributed by atoms with Crippen molar-refractivity contribution in [3.63, 3.8) is 0 Å². The number of hydrogen-bond donors (Lipinski definition) is 1. The summed E-state index contributed by atoms with van der Waals surface area (Å²) in [6.07, 6.45) is -0.825. The molecule has 1 aromatic carbocycles. The van der Waals surface area contributed by atoms with E-state index in [0.717, 1.165) is 5.56 Å². The molecule has 0 saturated carbocycles. The molecule has 1 rings (SSSR count). The Labute approximate surface area is 129 Å². The van der Waals surface area contributed by atoms with Gasteiger partial charge in [0.1, 0.15) is 25.4 Å². The molecule has 0 radical (unpaired) electrons. The van der Waals surface area contributed by atoms with E-state index in [1.807, 2.05) is 30.3 Å². The maximum absolute atomic E-state index is 11.4. The Kier molecular flexibility index (Phi) is 7.67. The Morgan fingerprint density at radius 2 is 1.77 bits per heavy atom. The van der Waals surface area contributed by atoms with Crippen molar-refractivity contribution in [1.82, 2.24) is 5.32 Å². The van der Waals surface area contributed by atoms with Crippen molar-refractivity contribution < 1.29 is 23.9 Å². The van der Waals surface area contributed by atoms with E-state index in [0.29, 0.717) is 0 Å². The SMILES string of the molecule is CC(C)C(=O)CC(=O)OCCNC(=O)OCc1ccccc1. The van der Waals surface area contributed by atoms with Crippen LogP contribution in [0.25, 0.3) is 0 Å². The van der Waals surface area contributed by atoms with E-state index in [-0.39, 0.29) is 37.9 Å². The van der Waals surface area contributed by atoms with E-state index in [1.54, 1.807) is 13.8 Å². The lowest BCUT2D eigenvalue weighted by Gasteiger charge is -2.08. The Bertz CT molecular complexity index is 499. The fraction of sp³-hybridized carbons (Fsp3) is 0.438. The summed E-state index contributed by atoms with van der Waals surface area (Å²) >= 11 is 0. The summed E-state index contributed by atoms with van der Waals surface area (Å²) < 4.78 is 9.83. The highest BCUT2D eigenvalue weighted by atomic mass is 16.6. The van der Waals surface area contributed by atoms with Crippen LogP contribution in [-0.4, -0.2) is 31.0 Å². The molecule has 22 heavy (non-hydrogen) atoms. The number of ether oxygens (including phenoxy) is 2. The molecule has 6 heteroatoms. The minimum Gasteiger partial charge on any atom is -0.463 e. The van der Waals surface area contributed by atoms with Gasteiger partial charge in [-0.05, 0) is 5.56 Å². The maximum Gasteiger partial charge on any atom is 0.407 e. The van der Waals surface area contributed by atoms with Gasteiger partial charge in [0.25, 0.3) is 0 Å². The first-order valence-electron chi connectivity index (χ1n) is 7.12. The predicted molar refractivity (Wildman–Crippen MR) is 80.1 cm³/mol. The van der Waals surface area contributed by atoms with Gasteiger partial charge in [-0.15, -0.1) is 0 Å². The lowest BCUT2D eigenvalue weighted by atomic mass is 10.1. The summed E-state index contributed by atoms with van der Waals surface area (Å²) in [6.45, 7) is 3.76. The van der Waals surface area contributed by atoms with Crippen molar-refractivity contribution in [2.45, 2.75) is 26.9 Å². The normalized spacial score (nSPS) is 10.1. The molecule has 1 N–H and O–H groups in total. The van der Waals surface area contributed by atoms with Crippen LogP contribution in [0.5, 0.6) is 0 Å². The molecular formula is C16H21NO5. The molecule has 120 valence electrons. The lowest BCUT2D eigenvalue weighted by Crippen LogP contribution is -2.29. The van der Waals surface area contributed by atoms with Gasteiger partial charge in [0, 0.05) is 5.92 Å². The summed E-state index contributed by atoms with van der Waals surface area (Å²) in [4.78, 5) is 34.0. The fourth-order valence-electron chi connectivity index (χ4n) is 1.49. The number of hydrogen-bond acceptors (Lipinski definition) is 5. The molecule has 1 aromatic rings. The number of nitrogens with one attached hydrogen (secondary N) is 1. The van der Waals surface area contributed by atoms with E-state index in [2.05, 4.69) is 5.32 Å². The van der Waals surface area contributed by atoms with Crippen molar-refractivity contribution in [3.8, 4) is 0 Å². The second kappa shape index (κ2) is 9.55. The van der Waals surface area contributed by atoms with Crippen LogP contribution >= 0.6 is 0 Å². The van der Waals surface area contributed by atoms with Gasteiger partial charge in [-0.1, -0.05) is 44.2 Å². The van der Waals surface area contributed by atoms with Crippen LogP contribution in [0.15, 0.2) is 30.3 Å². The number of ketones is 1. The van der Waals surface area contributed by atoms with E-state index < -0.39 is 12.1 Å². The standard InChI is InChI=1S/C16H21NO5/c1-12(2)14(18)10-15(19)21-9-8-17-16(20)22-11-13-6-4-3-5-7-13/h3-7,12H,8-11H2,1-2H3,(H,17,20). The Hall–Kier alpha value is -2.37. The fourth-order valence-corrected chi connectivity index (χ4v) is 1.49. The quantitative estimate of drug-likeness (QED) is 0.452. The third-order valence-electron chi connectivity index (χ3n) is 2.81. The van der Waals surface area contributed by atoms with Crippen LogP contribution in [0, 0.1) is 5.92 Å². The second-order valence-corrected chi connectivity index (χ2v) is 5.01. The monoisotopic (exact) mass is 307 g/mol. The molecule has 0 aliphatic carbocycles. The third kappa shape index (κ3) is 7.42. The third-order valence-corrected chi connectivity index (χ3v) is 2.81. The first-order chi connectivity index (χ1) is 10.5. The number of amides is 1. The molecule has 0 fully saturated rings. The molecule has 0 aromatic heterocycles. The minimum atomic E-state index is -0.585. The topological polar surface area (TPSA) is 81.7 Å². The molecule has 0 heterocycles. The number of rotatable bonds is 8. The molecule has 0 unspecified atom stereocenters. The summed E-state index contributed by atoms with van der Waals surface area (Å²) in [5, 5.41) is 2.46. The van der Waals surface area contributed by atoms with Gasteiger partial charge in [0.05, 0.1) is 6.54 Å². The Morgan fingerprint density at radius 3 is 2.41 bits per heavy atom. The van der Waals surface area contributed by atoms with Crippen molar-refractivity contribution >= 4 is 17.8 Å². The van der Waals surface area contributed by atoms with Gasteiger partial charge in [0.2, 0.25) is 0 Å². The van der Waals surface area contributed by atoms with Gasteiger partial charge >= 0.3 is 12.1 Å². The van der Waals surface area contributed by atoms with Crippen LogP contribution in [0.2, 0.25) is 0 Å². The number of carbonyl (C=O) groups excluding carboxylic acids is 3. The number of benzene rings is 1. The zero-order chi connectivity index (χ0) is 16.4. The first kappa shape index (κ1) is 17.7. The summed E-state index contributed by atoms with van der Waals surface area (Å²) in [6, 6.07) is 9.28.